The minimum atomic E-state index is -0.498. The van der Waals surface area contributed by atoms with Crippen molar-refractivity contribution in [2.75, 3.05) is 5.73 Å². The third-order valence-electron chi connectivity index (χ3n) is 2.73. The second kappa shape index (κ2) is 6.38. The number of nitrogen functional groups attached to an aromatic ring is 2. The van der Waals surface area contributed by atoms with E-state index in [1.54, 1.807) is 31.2 Å². The molecule has 1 amide bonds. The van der Waals surface area contributed by atoms with Crippen molar-refractivity contribution in [3.8, 4) is 5.75 Å². The second-order valence-corrected chi connectivity index (χ2v) is 4.64. The van der Waals surface area contributed by atoms with Crippen molar-refractivity contribution in [1.29, 1.82) is 0 Å². The van der Waals surface area contributed by atoms with E-state index in [1.165, 1.54) is 0 Å². The highest BCUT2D eigenvalue weighted by molar-refractivity contribution is 6.30. The van der Waals surface area contributed by atoms with Gasteiger partial charge in [-0.25, -0.2) is 15.8 Å². The fourth-order valence-corrected chi connectivity index (χ4v) is 1.94. The van der Waals surface area contributed by atoms with Gasteiger partial charge in [-0.15, -0.1) is 0 Å². The number of hydrogen-bond donors (Lipinski definition) is 3. The summed E-state index contributed by atoms with van der Waals surface area (Å²) in [7, 11) is 0. The predicted octanol–water partition coefficient (Wildman–Crippen LogP) is 1.20. The molecule has 5 N–H and O–H groups in total. The Morgan fingerprint density at radius 3 is 2.62 bits per heavy atom. The molecular weight excluding hydrogens is 294 g/mol. The van der Waals surface area contributed by atoms with Gasteiger partial charge in [0.15, 0.2) is 0 Å². The Morgan fingerprint density at radius 2 is 2.00 bits per heavy atom. The fourth-order valence-electron chi connectivity index (χ4n) is 1.81. The van der Waals surface area contributed by atoms with E-state index in [9.17, 15) is 4.79 Å². The summed E-state index contributed by atoms with van der Waals surface area (Å²) in [4.78, 5) is 19.8. The highest BCUT2D eigenvalue weighted by Gasteiger charge is 2.17. The molecule has 7 nitrogen and oxygen atoms in total. The Bertz CT molecular complexity index is 660. The summed E-state index contributed by atoms with van der Waals surface area (Å²) in [5.74, 6) is 5.32. The molecule has 1 heterocycles. The van der Waals surface area contributed by atoms with Crippen LogP contribution in [0, 0.1) is 6.92 Å². The molecule has 0 saturated carbocycles. The number of carbonyl (C=O) groups is 1. The Balaban J connectivity index is 2.26. The number of anilines is 1. The number of benzene rings is 1. The second-order valence-electron chi connectivity index (χ2n) is 4.20. The van der Waals surface area contributed by atoms with E-state index in [0.29, 0.717) is 22.2 Å². The molecule has 0 radical (unpaired) electrons. The minimum absolute atomic E-state index is 0.0535. The molecule has 8 heteroatoms. The quantitative estimate of drug-likeness (QED) is 0.444. The number of aryl methyl sites for hydroxylation is 1. The number of nitrogens with zero attached hydrogens (tertiary/aromatic N) is 2. The maximum absolute atomic E-state index is 11.8. The zero-order valence-electron chi connectivity index (χ0n) is 11.3. The molecule has 0 spiro atoms. The van der Waals surface area contributed by atoms with E-state index in [4.69, 9.17) is 27.9 Å². The zero-order chi connectivity index (χ0) is 15.4. The summed E-state index contributed by atoms with van der Waals surface area (Å²) in [5.41, 5.74) is 8.70. The first-order valence-electron chi connectivity index (χ1n) is 6.03. The molecule has 0 aliphatic carbocycles. The predicted molar refractivity (Wildman–Crippen MR) is 78.6 cm³/mol. The van der Waals surface area contributed by atoms with Crippen molar-refractivity contribution >= 4 is 23.5 Å². The molecule has 110 valence electrons. The lowest BCUT2D eigenvalue weighted by atomic mass is 10.1. The Morgan fingerprint density at radius 1 is 1.33 bits per heavy atom. The van der Waals surface area contributed by atoms with Crippen LogP contribution < -0.4 is 21.7 Å². The van der Waals surface area contributed by atoms with Crippen LogP contribution in [0.15, 0.2) is 24.3 Å². The highest BCUT2D eigenvalue weighted by atomic mass is 35.5. The number of rotatable bonds is 4. The molecule has 1 aromatic carbocycles. The number of amides is 1. The zero-order valence-corrected chi connectivity index (χ0v) is 12.0. The van der Waals surface area contributed by atoms with Crippen LogP contribution in [0.3, 0.4) is 0 Å². The van der Waals surface area contributed by atoms with Crippen molar-refractivity contribution in [2.45, 2.75) is 13.5 Å². The van der Waals surface area contributed by atoms with Crippen LogP contribution in [0.1, 0.15) is 21.7 Å². The average Bonchev–Trinajstić information content (AvgIpc) is 2.45. The summed E-state index contributed by atoms with van der Waals surface area (Å²) in [6.07, 6.45) is 0. The minimum Gasteiger partial charge on any atom is -0.487 e. The van der Waals surface area contributed by atoms with E-state index in [1.807, 2.05) is 0 Å². The van der Waals surface area contributed by atoms with Crippen LogP contribution in [0.25, 0.3) is 0 Å². The number of halogens is 1. The van der Waals surface area contributed by atoms with Crippen LogP contribution in [0.5, 0.6) is 5.75 Å². The first-order valence-corrected chi connectivity index (χ1v) is 6.41. The maximum Gasteiger partial charge on any atom is 0.269 e. The summed E-state index contributed by atoms with van der Waals surface area (Å²) in [6.45, 7) is 1.70. The van der Waals surface area contributed by atoms with Crippen LogP contribution in [0.4, 0.5) is 5.95 Å². The van der Waals surface area contributed by atoms with Gasteiger partial charge in [0.05, 0.1) is 17.0 Å². The standard InChI is InChI=1S/C13H14ClN5O2/c1-7-11(12(20)19-16)10(18-13(15)17-7)6-21-9-4-2-8(14)3-5-9/h2-5H,6,16H2,1H3,(H,19,20)(H2,15,17,18). The topological polar surface area (TPSA) is 116 Å². The molecule has 0 atom stereocenters. The van der Waals surface area contributed by atoms with E-state index >= 15 is 0 Å². The van der Waals surface area contributed by atoms with E-state index in [2.05, 4.69) is 15.4 Å². The van der Waals surface area contributed by atoms with Gasteiger partial charge in [-0.2, -0.15) is 0 Å². The maximum atomic E-state index is 11.8. The van der Waals surface area contributed by atoms with E-state index in [-0.39, 0.29) is 18.1 Å². The van der Waals surface area contributed by atoms with E-state index in [0.717, 1.165) is 0 Å². The van der Waals surface area contributed by atoms with Crippen molar-refractivity contribution in [3.63, 3.8) is 0 Å². The van der Waals surface area contributed by atoms with Crippen molar-refractivity contribution < 1.29 is 9.53 Å². The summed E-state index contributed by atoms with van der Waals surface area (Å²) in [6, 6.07) is 6.82. The molecule has 1 aromatic heterocycles. The first-order chi connectivity index (χ1) is 10.0. The summed E-state index contributed by atoms with van der Waals surface area (Å²) in [5, 5.41) is 0.604. The van der Waals surface area contributed by atoms with E-state index < -0.39 is 5.91 Å². The summed E-state index contributed by atoms with van der Waals surface area (Å²) >= 11 is 5.80. The molecule has 2 aromatic rings. The Kier molecular flexibility index (Phi) is 4.56. The lowest BCUT2D eigenvalue weighted by molar-refractivity contribution is 0.0949. The van der Waals surface area contributed by atoms with Crippen molar-refractivity contribution in [1.82, 2.24) is 15.4 Å². The van der Waals surface area contributed by atoms with Gasteiger partial charge in [0.1, 0.15) is 12.4 Å². The largest absolute Gasteiger partial charge is 0.487 e. The number of ether oxygens (including phenoxy) is 1. The van der Waals surface area contributed by atoms with Gasteiger partial charge in [-0.3, -0.25) is 10.2 Å². The molecule has 21 heavy (non-hydrogen) atoms. The highest BCUT2D eigenvalue weighted by Crippen LogP contribution is 2.18. The molecule has 2 rings (SSSR count). The molecule has 0 aliphatic rings. The summed E-state index contributed by atoms with van der Waals surface area (Å²) < 4.78 is 5.57. The first kappa shape index (κ1) is 15.0. The third-order valence-corrected chi connectivity index (χ3v) is 2.98. The average molecular weight is 308 g/mol. The lowest BCUT2D eigenvalue weighted by Gasteiger charge is -2.12. The number of nitrogens with two attached hydrogens (primary N) is 2. The van der Waals surface area contributed by atoms with Gasteiger partial charge in [-0.1, -0.05) is 11.6 Å². The lowest BCUT2D eigenvalue weighted by Crippen LogP contribution is -2.32. The van der Waals surface area contributed by atoms with Crippen LogP contribution >= 0.6 is 11.6 Å². The monoisotopic (exact) mass is 307 g/mol. The van der Waals surface area contributed by atoms with Gasteiger partial charge >= 0.3 is 0 Å². The van der Waals surface area contributed by atoms with Gasteiger partial charge in [0.2, 0.25) is 5.95 Å². The molecule has 0 aliphatic heterocycles. The van der Waals surface area contributed by atoms with Crippen LogP contribution in [-0.4, -0.2) is 15.9 Å². The number of hydrazine groups is 1. The third kappa shape index (κ3) is 3.59. The smallest absolute Gasteiger partial charge is 0.269 e. The Labute approximate surface area is 126 Å². The molecule has 0 fully saturated rings. The van der Waals surface area contributed by atoms with Crippen LogP contribution in [-0.2, 0) is 6.61 Å². The van der Waals surface area contributed by atoms with Gasteiger partial charge < -0.3 is 10.5 Å². The van der Waals surface area contributed by atoms with Gasteiger partial charge in [0.25, 0.3) is 5.91 Å². The normalized spacial score (nSPS) is 10.2. The van der Waals surface area contributed by atoms with Crippen molar-refractivity contribution in [2.24, 2.45) is 5.84 Å². The molecular formula is C13H14ClN5O2. The SMILES string of the molecule is Cc1nc(N)nc(COc2ccc(Cl)cc2)c1C(=O)NN. The number of nitrogens with one attached hydrogen (secondary N) is 1. The van der Waals surface area contributed by atoms with Crippen LogP contribution in [0.2, 0.25) is 5.02 Å². The Hall–Kier alpha value is -2.38. The number of carbonyl (C=O) groups excluding carboxylic acids is 1. The van der Waals surface area contributed by atoms with Crippen molar-refractivity contribution in [3.05, 3.63) is 46.2 Å². The number of hydrogen-bond acceptors (Lipinski definition) is 6. The number of aromatic nitrogens is 2. The molecule has 0 saturated heterocycles. The fraction of sp³-hybridized carbons (Fsp3) is 0.154. The molecule has 0 unspecified atom stereocenters. The van der Waals surface area contributed by atoms with Gasteiger partial charge in [-0.05, 0) is 31.2 Å². The van der Waals surface area contributed by atoms with Gasteiger partial charge in [0, 0.05) is 5.02 Å². The molecule has 0 bridgehead atoms.